The van der Waals surface area contributed by atoms with Gasteiger partial charge in [0.05, 0.1) is 29.6 Å². The first-order valence-corrected chi connectivity index (χ1v) is 8.39. The van der Waals surface area contributed by atoms with Crippen LogP contribution in [0.15, 0.2) is 35.5 Å². The first-order chi connectivity index (χ1) is 12.5. The molecule has 0 atom stereocenters. The molecule has 0 unspecified atom stereocenters. The molecule has 3 rings (SSSR count). The molecule has 1 aliphatic carbocycles. The third kappa shape index (κ3) is 3.67. The summed E-state index contributed by atoms with van der Waals surface area (Å²) in [6, 6.07) is 6.91. The summed E-state index contributed by atoms with van der Waals surface area (Å²) < 4.78 is 5.47. The van der Waals surface area contributed by atoms with Crippen LogP contribution in [0.1, 0.15) is 28.8 Å². The number of para-hydroxylation sites is 1. The number of aliphatic imine (C=N–C) groups is 1. The van der Waals surface area contributed by atoms with E-state index in [0.29, 0.717) is 28.3 Å². The summed E-state index contributed by atoms with van der Waals surface area (Å²) in [6.07, 6.45) is 4.16. The first-order valence-electron chi connectivity index (χ1n) is 8.01. The number of amidine groups is 1. The molecule has 0 spiro atoms. The Labute approximate surface area is 155 Å². The molecule has 4 N–H and O–H groups in total. The number of ether oxygens (including phenoxy) is 1. The Morgan fingerprint density at radius 2 is 2.19 bits per heavy atom. The molecule has 8 heteroatoms. The van der Waals surface area contributed by atoms with E-state index in [4.69, 9.17) is 27.5 Å². The van der Waals surface area contributed by atoms with Crippen LogP contribution >= 0.6 is 11.6 Å². The highest BCUT2D eigenvalue weighted by atomic mass is 35.5. The standard InChI is InChI=1S/C18H18ClN5O2/c1-26-17-11(18(21)23-9-20)3-2-4-13(17)24-14-7-15(19)22-8-12(14)16(25)10-5-6-10/h2-4,7-10H,5-6H2,1H3,(H,22,24)(H3,20,21,23). The largest absolute Gasteiger partial charge is 0.494 e. The fourth-order valence-corrected chi connectivity index (χ4v) is 2.79. The smallest absolute Gasteiger partial charge is 0.169 e. The number of methoxy groups -OCH3 is 1. The Hall–Kier alpha value is -2.93. The molecule has 0 saturated heterocycles. The highest BCUT2D eigenvalue weighted by molar-refractivity contribution is 6.29. The van der Waals surface area contributed by atoms with Gasteiger partial charge >= 0.3 is 0 Å². The van der Waals surface area contributed by atoms with E-state index in [2.05, 4.69) is 15.3 Å². The molecule has 0 aliphatic heterocycles. The second-order valence-corrected chi connectivity index (χ2v) is 6.23. The summed E-state index contributed by atoms with van der Waals surface area (Å²) in [7, 11) is 1.51. The molecule has 1 heterocycles. The number of carbonyl (C=O) groups is 1. The Balaban J connectivity index is 2.03. The van der Waals surface area contributed by atoms with Crippen LogP contribution in [0.5, 0.6) is 5.75 Å². The maximum absolute atomic E-state index is 12.5. The molecule has 134 valence electrons. The van der Waals surface area contributed by atoms with Gasteiger partial charge in [-0.15, -0.1) is 0 Å². The maximum atomic E-state index is 12.5. The van der Waals surface area contributed by atoms with Crippen molar-refractivity contribution in [1.82, 2.24) is 4.98 Å². The molecular formula is C18H18ClN5O2. The van der Waals surface area contributed by atoms with Crippen LogP contribution in [-0.4, -0.2) is 30.1 Å². The average molecular weight is 372 g/mol. The van der Waals surface area contributed by atoms with Crippen molar-refractivity contribution in [2.45, 2.75) is 12.8 Å². The minimum absolute atomic E-state index is 0.0525. The maximum Gasteiger partial charge on any atom is 0.169 e. The zero-order valence-corrected chi connectivity index (χ0v) is 14.9. The lowest BCUT2D eigenvalue weighted by Gasteiger charge is -2.16. The van der Waals surface area contributed by atoms with Crippen molar-refractivity contribution in [2.75, 3.05) is 12.4 Å². The fraction of sp³-hybridized carbons (Fsp3) is 0.222. The van der Waals surface area contributed by atoms with Gasteiger partial charge in [0.1, 0.15) is 17.3 Å². The Morgan fingerprint density at radius 3 is 2.85 bits per heavy atom. The third-order valence-electron chi connectivity index (χ3n) is 4.05. The molecule has 1 saturated carbocycles. The number of aromatic nitrogens is 1. The lowest BCUT2D eigenvalue weighted by Crippen LogP contribution is -2.15. The van der Waals surface area contributed by atoms with E-state index in [0.717, 1.165) is 19.2 Å². The molecule has 1 aromatic heterocycles. The number of nitrogens with one attached hydrogen (secondary N) is 2. The second-order valence-electron chi connectivity index (χ2n) is 5.85. The van der Waals surface area contributed by atoms with Crippen molar-refractivity contribution in [2.24, 2.45) is 16.6 Å². The number of carbonyl (C=O) groups excluding carboxylic acids is 1. The van der Waals surface area contributed by atoms with Crippen molar-refractivity contribution in [3.63, 3.8) is 0 Å². The zero-order chi connectivity index (χ0) is 18.7. The van der Waals surface area contributed by atoms with Gasteiger partial charge in [0.2, 0.25) is 0 Å². The Morgan fingerprint density at radius 1 is 1.42 bits per heavy atom. The van der Waals surface area contributed by atoms with Crippen LogP contribution in [0.3, 0.4) is 0 Å². The molecular weight excluding hydrogens is 354 g/mol. The van der Waals surface area contributed by atoms with Gasteiger partial charge in [-0.25, -0.2) is 9.98 Å². The monoisotopic (exact) mass is 371 g/mol. The SMILES string of the molecule is COc1c(Nc2cc(Cl)ncc2C(=O)C2CC2)cccc1C(N)=NC=N. The molecule has 0 amide bonds. The van der Waals surface area contributed by atoms with Crippen LogP contribution in [0, 0.1) is 11.3 Å². The summed E-state index contributed by atoms with van der Waals surface area (Å²) in [6.45, 7) is 0. The highest BCUT2D eigenvalue weighted by Gasteiger charge is 2.32. The quantitative estimate of drug-likeness (QED) is 0.299. The van der Waals surface area contributed by atoms with E-state index >= 15 is 0 Å². The second kappa shape index (κ2) is 7.53. The van der Waals surface area contributed by atoms with Gasteiger partial charge in [-0.3, -0.25) is 10.2 Å². The van der Waals surface area contributed by atoms with Gasteiger partial charge in [-0.05, 0) is 31.0 Å². The lowest BCUT2D eigenvalue weighted by atomic mass is 10.1. The van der Waals surface area contributed by atoms with Crippen molar-refractivity contribution in [1.29, 1.82) is 5.41 Å². The molecule has 1 aliphatic rings. The number of ketones is 1. The number of hydrogen-bond donors (Lipinski definition) is 3. The van der Waals surface area contributed by atoms with Gasteiger partial charge in [-0.1, -0.05) is 17.7 Å². The molecule has 0 radical (unpaired) electrons. The van der Waals surface area contributed by atoms with Gasteiger partial charge < -0.3 is 15.8 Å². The minimum Gasteiger partial charge on any atom is -0.494 e. The van der Waals surface area contributed by atoms with Crippen LogP contribution in [-0.2, 0) is 0 Å². The van der Waals surface area contributed by atoms with Crippen molar-refractivity contribution < 1.29 is 9.53 Å². The number of rotatable bonds is 7. The van der Waals surface area contributed by atoms with Crippen LogP contribution in [0.2, 0.25) is 5.15 Å². The number of pyridine rings is 1. The molecule has 26 heavy (non-hydrogen) atoms. The van der Waals surface area contributed by atoms with E-state index < -0.39 is 0 Å². The van der Waals surface area contributed by atoms with Gasteiger partial charge in [0, 0.05) is 12.1 Å². The summed E-state index contributed by atoms with van der Waals surface area (Å²) in [5.74, 6) is 0.717. The average Bonchev–Trinajstić information content (AvgIpc) is 3.46. The minimum atomic E-state index is 0.0525. The topological polar surface area (TPSA) is 113 Å². The van der Waals surface area contributed by atoms with Crippen molar-refractivity contribution >= 4 is 40.9 Å². The Kier molecular flexibility index (Phi) is 5.18. The predicted molar refractivity (Wildman–Crippen MR) is 102 cm³/mol. The number of anilines is 2. The van der Waals surface area contributed by atoms with E-state index in [-0.39, 0.29) is 22.7 Å². The molecule has 2 aromatic rings. The number of nitrogens with zero attached hydrogens (tertiary/aromatic N) is 2. The van der Waals surface area contributed by atoms with Gasteiger partial charge in [0.15, 0.2) is 11.5 Å². The van der Waals surface area contributed by atoms with Crippen molar-refractivity contribution in [3.8, 4) is 5.75 Å². The van der Waals surface area contributed by atoms with E-state index in [1.807, 2.05) is 0 Å². The first kappa shape index (κ1) is 17.9. The number of hydrogen-bond acceptors (Lipinski definition) is 5. The number of halogens is 1. The van der Waals surface area contributed by atoms with Crippen LogP contribution in [0.25, 0.3) is 0 Å². The van der Waals surface area contributed by atoms with Crippen molar-refractivity contribution in [3.05, 3.63) is 46.7 Å². The molecule has 0 bridgehead atoms. The van der Waals surface area contributed by atoms with Crippen LogP contribution < -0.4 is 15.8 Å². The summed E-state index contributed by atoms with van der Waals surface area (Å²) in [5, 5.41) is 10.6. The van der Waals surface area contributed by atoms with E-state index in [1.165, 1.54) is 13.3 Å². The number of Topliss-reactive ketones (excluding diaryl/α,β-unsaturated/α-hetero) is 1. The van der Waals surface area contributed by atoms with Gasteiger partial charge in [0.25, 0.3) is 0 Å². The van der Waals surface area contributed by atoms with E-state index in [9.17, 15) is 4.79 Å². The summed E-state index contributed by atoms with van der Waals surface area (Å²) in [5.41, 5.74) is 8.08. The third-order valence-corrected chi connectivity index (χ3v) is 4.26. The summed E-state index contributed by atoms with van der Waals surface area (Å²) >= 11 is 6.02. The fourth-order valence-electron chi connectivity index (χ4n) is 2.64. The summed E-state index contributed by atoms with van der Waals surface area (Å²) in [4.78, 5) is 20.3. The zero-order valence-electron chi connectivity index (χ0n) is 14.1. The lowest BCUT2D eigenvalue weighted by molar-refractivity contribution is 0.0968. The normalized spacial score (nSPS) is 14.0. The van der Waals surface area contributed by atoms with Gasteiger partial charge in [-0.2, -0.15) is 0 Å². The Bertz CT molecular complexity index is 893. The number of nitrogens with two attached hydrogens (primary N) is 1. The molecule has 1 fully saturated rings. The number of benzene rings is 1. The molecule has 7 nitrogen and oxygen atoms in total. The van der Waals surface area contributed by atoms with Crippen LogP contribution in [0.4, 0.5) is 11.4 Å². The molecule has 1 aromatic carbocycles. The predicted octanol–water partition coefficient (Wildman–Crippen LogP) is 3.39. The van der Waals surface area contributed by atoms with E-state index in [1.54, 1.807) is 24.3 Å². The highest BCUT2D eigenvalue weighted by Crippen LogP contribution is 2.37.